The van der Waals surface area contributed by atoms with Crippen LogP contribution in [-0.4, -0.2) is 5.76 Å². The molecule has 0 atom stereocenters. The van der Waals surface area contributed by atoms with Gasteiger partial charge in [-0.25, -0.2) is 4.39 Å². The molecule has 0 bridgehead atoms. The van der Waals surface area contributed by atoms with Gasteiger partial charge < -0.3 is 5.32 Å². The molecule has 0 aliphatic carbocycles. The van der Waals surface area contributed by atoms with E-state index in [1.54, 1.807) is 36.4 Å². The third-order valence-electron chi connectivity index (χ3n) is 2.58. The lowest BCUT2D eigenvalue weighted by Gasteiger charge is -2.12. The number of alkyl halides is 2. The second-order valence-corrected chi connectivity index (χ2v) is 5.91. The van der Waals surface area contributed by atoms with Crippen molar-refractivity contribution >= 4 is 33.4 Å². The molecular weight excluding hydrogens is 351 g/mol. The number of hydrogen-bond donors (Lipinski definition) is 1. The van der Waals surface area contributed by atoms with E-state index in [0.29, 0.717) is 27.9 Å². The molecule has 0 heterocycles. The predicted octanol–water partition coefficient (Wildman–Crippen LogP) is 5.52. The SMILES string of the molecule is Fc1ccc(Br)cc1CNc1ccccc1SC(F)F. The van der Waals surface area contributed by atoms with E-state index in [9.17, 15) is 13.2 Å². The molecule has 1 nitrogen and oxygen atoms in total. The molecule has 0 radical (unpaired) electrons. The van der Waals surface area contributed by atoms with Crippen LogP contribution in [0.4, 0.5) is 18.9 Å². The van der Waals surface area contributed by atoms with Crippen molar-refractivity contribution in [2.75, 3.05) is 5.32 Å². The number of halogens is 4. The first-order valence-electron chi connectivity index (χ1n) is 5.78. The normalized spacial score (nSPS) is 10.8. The predicted molar refractivity (Wildman–Crippen MR) is 79.7 cm³/mol. The number of para-hydroxylation sites is 1. The van der Waals surface area contributed by atoms with Gasteiger partial charge in [-0.1, -0.05) is 39.8 Å². The van der Waals surface area contributed by atoms with Crippen molar-refractivity contribution in [2.24, 2.45) is 0 Å². The van der Waals surface area contributed by atoms with Crippen LogP contribution in [0.2, 0.25) is 0 Å². The van der Waals surface area contributed by atoms with Crippen LogP contribution in [0.5, 0.6) is 0 Å². The first-order chi connectivity index (χ1) is 9.56. The Morgan fingerprint density at radius 3 is 2.65 bits per heavy atom. The lowest BCUT2D eigenvalue weighted by molar-refractivity contribution is 0.252. The molecule has 2 aromatic carbocycles. The average molecular weight is 362 g/mol. The lowest BCUT2D eigenvalue weighted by atomic mass is 10.2. The van der Waals surface area contributed by atoms with E-state index >= 15 is 0 Å². The number of anilines is 1. The second kappa shape index (κ2) is 7.04. The fourth-order valence-corrected chi connectivity index (χ4v) is 2.71. The molecule has 0 fully saturated rings. The number of nitrogens with one attached hydrogen (secondary N) is 1. The molecule has 20 heavy (non-hydrogen) atoms. The highest BCUT2D eigenvalue weighted by Crippen LogP contribution is 2.32. The van der Waals surface area contributed by atoms with Crippen LogP contribution in [0.3, 0.4) is 0 Å². The van der Waals surface area contributed by atoms with Gasteiger partial charge in [-0.15, -0.1) is 0 Å². The maximum Gasteiger partial charge on any atom is 0.288 e. The molecule has 0 saturated carbocycles. The summed E-state index contributed by atoms with van der Waals surface area (Å²) in [6, 6.07) is 11.4. The van der Waals surface area contributed by atoms with E-state index in [0.717, 1.165) is 4.47 Å². The molecule has 0 aromatic heterocycles. The summed E-state index contributed by atoms with van der Waals surface area (Å²) in [5.74, 6) is -2.82. The van der Waals surface area contributed by atoms with Gasteiger partial charge >= 0.3 is 0 Å². The highest BCUT2D eigenvalue weighted by Gasteiger charge is 2.10. The van der Waals surface area contributed by atoms with Crippen molar-refractivity contribution in [3.05, 3.63) is 58.3 Å². The van der Waals surface area contributed by atoms with Crippen LogP contribution in [0.15, 0.2) is 51.8 Å². The van der Waals surface area contributed by atoms with E-state index in [1.807, 2.05) is 0 Å². The summed E-state index contributed by atoms with van der Waals surface area (Å²) in [7, 11) is 0. The summed E-state index contributed by atoms with van der Waals surface area (Å²) in [6.07, 6.45) is 0. The summed E-state index contributed by atoms with van der Waals surface area (Å²) in [6.45, 7) is 0.228. The van der Waals surface area contributed by atoms with Crippen molar-refractivity contribution in [1.82, 2.24) is 0 Å². The standard InChI is InChI=1S/C14H11BrF3NS/c15-10-5-6-11(16)9(7-10)8-19-12-3-1-2-4-13(12)20-14(17)18/h1-7,14,19H,8H2. The summed E-state index contributed by atoms with van der Waals surface area (Å²) in [4.78, 5) is 0.443. The molecule has 6 heteroatoms. The summed E-state index contributed by atoms with van der Waals surface area (Å²) >= 11 is 3.74. The van der Waals surface area contributed by atoms with E-state index < -0.39 is 5.76 Å². The zero-order valence-corrected chi connectivity index (χ0v) is 12.6. The molecule has 0 amide bonds. The molecule has 2 rings (SSSR count). The van der Waals surface area contributed by atoms with Gasteiger partial charge in [0.25, 0.3) is 5.76 Å². The lowest BCUT2D eigenvalue weighted by Crippen LogP contribution is -2.03. The smallest absolute Gasteiger partial charge is 0.288 e. The first-order valence-corrected chi connectivity index (χ1v) is 7.45. The molecule has 0 aliphatic heterocycles. The van der Waals surface area contributed by atoms with Gasteiger partial charge in [-0.05, 0) is 30.3 Å². The summed E-state index contributed by atoms with van der Waals surface area (Å²) < 4.78 is 39.3. The van der Waals surface area contributed by atoms with E-state index in [-0.39, 0.29) is 12.4 Å². The molecule has 0 saturated heterocycles. The quantitative estimate of drug-likeness (QED) is 0.704. The monoisotopic (exact) mass is 361 g/mol. The minimum Gasteiger partial charge on any atom is -0.380 e. The topological polar surface area (TPSA) is 12.0 Å². The van der Waals surface area contributed by atoms with Gasteiger partial charge in [-0.3, -0.25) is 0 Å². The second-order valence-electron chi connectivity index (χ2n) is 3.96. The van der Waals surface area contributed by atoms with Gasteiger partial charge in [0.15, 0.2) is 0 Å². The Bertz CT molecular complexity index is 592. The Labute approximate surface area is 127 Å². The fourth-order valence-electron chi connectivity index (χ4n) is 1.68. The molecular formula is C14H11BrF3NS. The van der Waals surface area contributed by atoms with Crippen LogP contribution in [0.25, 0.3) is 0 Å². The van der Waals surface area contributed by atoms with Gasteiger partial charge in [0.2, 0.25) is 0 Å². The Morgan fingerprint density at radius 2 is 1.90 bits per heavy atom. The minimum absolute atomic E-state index is 0.228. The third kappa shape index (κ3) is 4.18. The summed E-state index contributed by atoms with van der Waals surface area (Å²) in [5.41, 5.74) is 1.04. The van der Waals surface area contributed by atoms with Gasteiger partial charge in [0.1, 0.15) is 5.82 Å². The van der Waals surface area contributed by atoms with Crippen molar-refractivity contribution < 1.29 is 13.2 Å². The number of rotatable bonds is 5. The first kappa shape index (κ1) is 15.3. The number of benzene rings is 2. The molecule has 0 unspecified atom stereocenters. The molecule has 0 spiro atoms. The van der Waals surface area contributed by atoms with Gasteiger partial charge in [-0.2, -0.15) is 8.78 Å². The molecule has 2 aromatic rings. The van der Waals surface area contributed by atoms with Crippen LogP contribution in [0.1, 0.15) is 5.56 Å². The maximum atomic E-state index is 13.6. The Morgan fingerprint density at radius 1 is 1.15 bits per heavy atom. The zero-order valence-electron chi connectivity index (χ0n) is 10.2. The minimum atomic E-state index is -2.49. The van der Waals surface area contributed by atoms with Crippen LogP contribution in [0, 0.1) is 5.82 Å². The average Bonchev–Trinajstić information content (AvgIpc) is 2.41. The molecule has 1 N–H and O–H groups in total. The highest BCUT2D eigenvalue weighted by molar-refractivity contribution is 9.10. The largest absolute Gasteiger partial charge is 0.380 e. The van der Waals surface area contributed by atoms with Crippen molar-refractivity contribution in [2.45, 2.75) is 17.2 Å². The van der Waals surface area contributed by atoms with Gasteiger partial charge in [0, 0.05) is 27.2 Å². The van der Waals surface area contributed by atoms with Crippen LogP contribution >= 0.6 is 27.7 Å². The highest BCUT2D eigenvalue weighted by atomic mass is 79.9. The van der Waals surface area contributed by atoms with Crippen LogP contribution in [-0.2, 0) is 6.54 Å². The fraction of sp³-hybridized carbons (Fsp3) is 0.143. The Kier molecular flexibility index (Phi) is 5.37. The van der Waals surface area contributed by atoms with Crippen molar-refractivity contribution in [3.63, 3.8) is 0 Å². The number of thioether (sulfide) groups is 1. The third-order valence-corrected chi connectivity index (χ3v) is 3.86. The van der Waals surface area contributed by atoms with Crippen molar-refractivity contribution in [1.29, 1.82) is 0 Å². The van der Waals surface area contributed by atoms with E-state index in [2.05, 4.69) is 21.2 Å². The molecule has 106 valence electrons. The molecule has 0 aliphatic rings. The Hall–Kier alpha value is -1.14. The Balaban J connectivity index is 2.12. The summed E-state index contributed by atoms with van der Waals surface area (Å²) in [5, 5.41) is 2.99. The zero-order chi connectivity index (χ0) is 14.5. The van der Waals surface area contributed by atoms with E-state index in [1.165, 1.54) is 6.07 Å². The number of hydrogen-bond acceptors (Lipinski definition) is 2. The van der Waals surface area contributed by atoms with Gasteiger partial charge in [0.05, 0.1) is 0 Å². The van der Waals surface area contributed by atoms with Crippen molar-refractivity contribution in [3.8, 4) is 0 Å². The maximum absolute atomic E-state index is 13.6. The van der Waals surface area contributed by atoms with E-state index in [4.69, 9.17) is 0 Å². The van der Waals surface area contributed by atoms with Crippen LogP contribution < -0.4 is 5.32 Å².